The van der Waals surface area contributed by atoms with Crippen LogP contribution in [0.5, 0.6) is 0 Å². The van der Waals surface area contributed by atoms with Crippen LogP contribution >= 0.6 is 7.82 Å². The zero-order chi connectivity index (χ0) is 64.1. The molecular weight excluding hydrogens is 1110 g/mol. The predicted octanol–water partition coefficient (Wildman–Crippen LogP) is 24.8. The number of ether oxygens (including phenoxy) is 2. The van der Waals surface area contributed by atoms with Crippen molar-refractivity contribution in [2.45, 2.75) is 405 Å². The van der Waals surface area contributed by atoms with Gasteiger partial charge in [0.25, 0.3) is 7.82 Å². The minimum Gasteiger partial charge on any atom is -0.756 e. The average molecular weight is 1260 g/mol. The molecule has 0 saturated heterocycles. The maximum atomic E-state index is 12.9. The summed E-state index contributed by atoms with van der Waals surface area (Å²) in [4.78, 5) is 38.1. The normalized spacial score (nSPS) is 13.2. The average Bonchev–Trinajstić information content (AvgIpc) is 3.60. The molecule has 0 aliphatic rings. The van der Waals surface area contributed by atoms with E-state index in [9.17, 15) is 19.0 Å². The van der Waals surface area contributed by atoms with Gasteiger partial charge in [0.05, 0.1) is 27.7 Å². The highest BCUT2D eigenvalue weighted by Gasteiger charge is 2.22. The second-order valence-corrected chi connectivity index (χ2v) is 29.1. The van der Waals surface area contributed by atoms with Crippen LogP contribution in [0.15, 0.2) is 36.5 Å². The first kappa shape index (κ1) is 86.2. The minimum absolute atomic E-state index is 0.0280. The fourth-order valence-corrected chi connectivity index (χ4v) is 12.4. The third kappa shape index (κ3) is 73.3. The van der Waals surface area contributed by atoms with Crippen molar-refractivity contribution >= 4 is 19.8 Å². The second-order valence-electron chi connectivity index (χ2n) is 27.7. The van der Waals surface area contributed by atoms with Gasteiger partial charge < -0.3 is 27.9 Å². The van der Waals surface area contributed by atoms with Crippen molar-refractivity contribution in [1.29, 1.82) is 0 Å². The number of hydrogen-bond acceptors (Lipinski definition) is 8. The van der Waals surface area contributed by atoms with Crippen LogP contribution in [-0.4, -0.2) is 70.0 Å². The SMILES string of the molecule is CCCCCCC/C=C\C/C=C\CCCCCCCCCCCCCCCCCC(=O)OC(COC(=O)CCCCCCCCCCCCCCCCCCCCCCCCCCC/C=C\CCCCCCCCCC)COP(=O)([O-])OCC[N+](C)(C)C. The number of phosphoric acid groups is 1. The first-order valence-electron chi connectivity index (χ1n) is 38.7. The van der Waals surface area contributed by atoms with E-state index < -0.39 is 26.5 Å². The topological polar surface area (TPSA) is 111 Å². The Morgan fingerprint density at radius 3 is 0.909 bits per heavy atom. The van der Waals surface area contributed by atoms with Crippen LogP contribution in [0.25, 0.3) is 0 Å². The molecule has 0 N–H and O–H groups in total. The molecule has 0 aromatic heterocycles. The number of allylic oxidation sites excluding steroid dienone is 6. The summed E-state index contributed by atoms with van der Waals surface area (Å²) in [6.07, 6.45) is 89.8. The highest BCUT2D eigenvalue weighted by atomic mass is 31.2. The van der Waals surface area contributed by atoms with Crippen LogP contribution in [0.2, 0.25) is 0 Å². The van der Waals surface area contributed by atoms with Crippen LogP contribution in [-0.2, 0) is 32.7 Å². The van der Waals surface area contributed by atoms with Crippen LogP contribution in [0.4, 0.5) is 0 Å². The number of nitrogens with zero attached hydrogens (tertiary/aromatic N) is 1. The van der Waals surface area contributed by atoms with Gasteiger partial charge in [0, 0.05) is 12.8 Å². The number of phosphoric ester groups is 1. The molecule has 2 atom stereocenters. The Morgan fingerprint density at radius 2 is 0.614 bits per heavy atom. The van der Waals surface area contributed by atoms with Gasteiger partial charge >= 0.3 is 11.9 Å². The number of likely N-dealkylation sites (N-methyl/N-ethyl adjacent to an activating group) is 1. The third-order valence-corrected chi connectivity index (χ3v) is 18.6. The molecule has 520 valence electrons. The van der Waals surface area contributed by atoms with E-state index in [0.29, 0.717) is 17.4 Å². The summed E-state index contributed by atoms with van der Waals surface area (Å²) in [5.74, 6) is -0.810. The summed E-state index contributed by atoms with van der Waals surface area (Å²) in [5.41, 5.74) is 0. The molecule has 0 heterocycles. The summed E-state index contributed by atoms with van der Waals surface area (Å²) >= 11 is 0. The van der Waals surface area contributed by atoms with Crippen molar-refractivity contribution in [2.75, 3.05) is 47.5 Å². The van der Waals surface area contributed by atoms with Crippen LogP contribution in [0.1, 0.15) is 399 Å². The Balaban J connectivity index is 3.91. The lowest BCUT2D eigenvalue weighted by Crippen LogP contribution is -2.37. The number of carbonyl (C=O) groups excluding carboxylic acids is 2. The molecule has 0 aromatic rings. The van der Waals surface area contributed by atoms with E-state index in [4.69, 9.17) is 18.5 Å². The molecule has 0 spiro atoms. The molecule has 0 radical (unpaired) electrons. The van der Waals surface area contributed by atoms with E-state index in [1.807, 2.05) is 21.1 Å². The van der Waals surface area contributed by atoms with Crippen molar-refractivity contribution < 1.29 is 42.1 Å². The Kier molecular flexibility index (Phi) is 68.2. The van der Waals surface area contributed by atoms with Crippen molar-refractivity contribution in [3.8, 4) is 0 Å². The molecule has 0 aliphatic heterocycles. The fraction of sp³-hybridized carbons (Fsp3) is 0.897. The summed E-state index contributed by atoms with van der Waals surface area (Å²) in [5, 5.41) is 0. The molecule has 0 fully saturated rings. The maximum Gasteiger partial charge on any atom is 0.306 e. The summed E-state index contributed by atoms with van der Waals surface area (Å²) < 4.78 is 34.4. The van der Waals surface area contributed by atoms with E-state index in [-0.39, 0.29) is 32.0 Å². The van der Waals surface area contributed by atoms with Gasteiger partial charge in [-0.15, -0.1) is 0 Å². The molecule has 0 aromatic carbocycles. The number of quaternary nitrogens is 1. The Bertz CT molecular complexity index is 1580. The molecule has 0 saturated carbocycles. The third-order valence-electron chi connectivity index (χ3n) is 17.6. The highest BCUT2D eigenvalue weighted by molar-refractivity contribution is 7.45. The van der Waals surface area contributed by atoms with Gasteiger partial charge in [0.15, 0.2) is 6.10 Å². The zero-order valence-electron chi connectivity index (χ0n) is 59.5. The maximum absolute atomic E-state index is 12.9. The van der Waals surface area contributed by atoms with Crippen molar-refractivity contribution in [3.63, 3.8) is 0 Å². The summed E-state index contributed by atoms with van der Waals surface area (Å²) in [7, 11) is 1.19. The van der Waals surface area contributed by atoms with Crippen LogP contribution in [0, 0.1) is 0 Å². The van der Waals surface area contributed by atoms with Crippen molar-refractivity contribution in [3.05, 3.63) is 36.5 Å². The van der Waals surface area contributed by atoms with Crippen molar-refractivity contribution in [2.24, 2.45) is 0 Å². The van der Waals surface area contributed by atoms with E-state index in [0.717, 1.165) is 38.5 Å². The zero-order valence-corrected chi connectivity index (χ0v) is 60.4. The summed E-state index contributed by atoms with van der Waals surface area (Å²) in [6.45, 7) is 4.30. The van der Waals surface area contributed by atoms with Gasteiger partial charge in [-0.2, -0.15) is 0 Å². The highest BCUT2D eigenvalue weighted by Crippen LogP contribution is 2.38. The van der Waals surface area contributed by atoms with Gasteiger partial charge in [0.2, 0.25) is 0 Å². The predicted molar refractivity (Wildman–Crippen MR) is 379 cm³/mol. The van der Waals surface area contributed by atoms with Gasteiger partial charge in [-0.3, -0.25) is 14.2 Å². The molecule has 0 amide bonds. The largest absolute Gasteiger partial charge is 0.756 e. The van der Waals surface area contributed by atoms with Gasteiger partial charge in [-0.05, 0) is 70.6 Å². The molecule has 0 bridgehead atoms. The number of esters is 2. The number of carbonyl (C=O) groups is 2. The van der Waals surface area contributed by atoms with Gasteiger partial charge in [-0.25, -0.2) is 0 Å². The molecule has 0 rings (SSSR count). The van der Waals surface area contributed by atoms with Gasteiger partial charge in [0.1, 0.15) is 19.8 Å². The molecular formula is C78H150NO8P. The first-order valence-corrected chi connectivity index (χ1v) is 40.2. The van der Waals surface area contributed by atoms with Gasteiger partial charge in [-0.1, -0.05) is 352 Å². The van der Waals surface area contributed by atoms with Crippen LogP contribution in [0.3, 0.4) is 0 Å². The van der Waals surface area contributed by atoms with E-state index >= 15 is 0 Å². The van der Waals surface area contributed by atoms with Crippen molar-refractivity contribution in [1.82, 2.24) is 0 Å². The Morgan fingerprint density at radius 1 is 0.352 bits per heavy atom. The lowest BCUT2D eigenvalue weighted by atomic mass is 10.0. The molecule has 10 heteroatoms. The quantitative estimate of drug-likeness (QED) is 0.0195. The second kappa shape index (κ2) is 69.6. The summed E-state index contributed by atoms with van der Waals surface area (Å²) in [6, 6.07) is 0. The van der Waals surface area contributed by atoms with E-state index in [2.05, 4.69) is 50.3 Å². The monoisotopic (exact) mass is 1260 g/mol. The van der Waals surface area contributed by atoms with Crippen LogP contribution < -0.4 is 4.89 Å². The van der Waals surface area contributed by atoms with E-state index in [1.165, 1.54) is 327 Å². The molecule has 2 unspecified atom stereocenters. The smallest absolute Gasteiger partial charge is 0.306 e. The lowest BCUT2D eigenvalue weighted by molar-refractivity contribution is -0.870. The number of hydrogen-bond donors (Lipinski definition) is 0. The molecule has 0 aliphatic carbocycles. The minimum atomic E-state index is -4.64. The lowest BCUT2D eigenvalue weighted by Gasteiger charge is -2.28. The molecule has 9 nitrogen and oxygen atoms in total. The van der Waals surface area contributed by atoms with E-state index in [1.54, 1.807) is 0 Å². The first-order chi connectivity index (χ1) is 43.0. The molecule has 88 heavy (non-hydrogen) atoms. The Labute approximate surface area is 548 Å². The number of unbranched alkanes of at least 4 members (excludes halogenated alkanes) is 53. The standard InChI is InChI=1S/C78H150NO8P/c1-6-8-10-12-14-16-18-20-22-24-26-28-30-32-34-35-36-37-38-39-40-41-42-43-45-46-48-50-52-54-56-58-60-62-64-66-68-70-77(80)84-74-76(75-86-88(82,83)85-73-72-79(3,4)5)87-78(81)71-69-67-65-63-61-59-57-55-53-51-49-47-44-33-31-29-27-25-23-21-19-17-15-13-11-9-7-2/h19,21,24-27,76H,6-18,20,22-23,28-75H2,1-5H3/b21-19-,26-24-,27-25-. The Hall–Kier alpha value is -1.77. The fourth-order valence-electron chi connectivity index (χ4n) is 11.7. The number of rotatable bonds is 73.